The number of carbonyl (C=O) groups excluding carboxylic acids is 1. The van der Waals surface area contributed by atoms with Crippen LogP contribution in [-0.4, -0.2) is 36.0 Å². The van der Waals surface area contributed by atoms with Gasteiger partial charge in [0.25, 0.3) is 0 Å². The van der Waals surface area contributed by atoms with Crippen molar-refractivity contribution in [1.82, 2.24) is 10.2 Å². The Morgan fingerprint density at radius 1 is 1.25 bits per heavy atom. The van der Waals surface area contributed by atoms with Crippen molar-refractivity contribution < 1.29 is 4.79 Å². The van der Waals surface area contributed by atoms with Crippen LogP contribution in [0.1, 0.15) is 59.8 Å². The van der Waals surface area contributed by atoms with E-state index in [-0.39, 0.29) is 11.8 Å². The van der Waals surface area contributed by atoms with Gasteiger partial charge in [0.2, 0.25) is 5.91 Å². The van der Waals surface area contributed by atoms with Gasteiger partial charge in [-0.1, -0.05) is 34.1 Å². The summed E-state index contributed by atoms with van der Waals surface area (Å²) in [6, 6.07) is 1.15. The molecule has 2 atom stereocenters. The van der Waals surface area contributed by atoms with E-state index in [0.717, 1.165) is 24.4 Å². The molecule has 2 rings (SSSR count). The van der Waals surface area contributed by atoms with E-state index in [1.165, 1.54) is 38.6 Å². The van der Waals surface area contributed by atoms with Crippen molar-refractivity contribution in [2.45, 2.75) is 71.9 Å². The molecule has 0 aromatic rings. The second kappa shape index (κ2) is 6.93. The van der Waals surface area contributed by atoms with Gasteiger partial charge in [0.1, 0.15) is 0 Å². The average molecular weight is 280 g/mol. The predicted molar refractivity (Wildman–Crippen MR) is 83.5 cm³/mol. The van der Waals surface area contributed by atoms with Gasteiger partial charge in [0.05, 0.1) is 0 Å². The third kappa shape index (κ3) is 3.97. The van der Waals surface area contributed by atoms with Crippen LogP contribution in [-0.2, 0) is 4.79 Å². The summed E-state index contributed by atoms with van der Waals surface area (Å²) in [5.74, 6) is 1.98. The van der Waals surface area contributed by atoms with Crippen LogP contribution in [0.3, 0.4) is 0 Å². The molecule has 3 nitrogen and oxygen atoms in total. The van der Waals surface area contributed by atoms with Crippen LogP contribution in [0, 0.1) is 17.8 Å². The summed E-state index contributed by atoms with van der Waals surface area (Å²) in [6.07, 6.45) is 6.43. The summed E-state index contributed by atoms with van der Waals surface area (Å²) in [4.78, 5) is 14.6. The van der Waals surface area contributed by atoms with Gasteiger partial charge < -0.3 is 5.32 Å². The van der Waals surface area contributed by atoms with Crippen molar-refractivity contribution >= 4 is 5.91 Å². The van der Waals surface area contributed by atoms with Gasteiger partial charge in [-0.3, -0.25) is 9.69 Å². The minimum absolute atomic E-state index is 0.0960. The normalized spacial score (nSPS) is 34.9. The molecule has 2 unspecified atom stereocenters. The summed E-state index contributed by atoms with van der Waals surface area (Å²) < 4.78 is 0. The Morgan fingerprint density at radius 3 is 2.50 bits per heavy atom. The van der Waals surface area contributed by atoms with Crippen molar-refractivity contribution in [2.24, 2.45) is 17.8 Å². The Balaban J connectivity index is 1.91. The maximum atomic E-state index is 12.0. The molecule has 1 amide bonds. The molecular weight excluding hydrogens is 248 g/mol. The topological polar surface area (TPSA) is 32.3 Å². The fourth-order valence-corrected chi connectivity index (χ4v) is 3.79. The third-order valence-corrected chi connectivity index (χ3v) is 5.00. The van der Waals surface area contributed by atoms with E-state index in [4.69, 9.17) is 0 Å². The Labute approximate surface area is 124 Å². The SMILES string of the molecule is CCCC1CC(NC(=O)C(C)C)CN(C2CC(C)C2)C1. The Hall–Kier alpha value is -0.570. The van der Waals surface area contributed by atoms with Crippen LogP contribution in [0.4, 0.5) is 0 Å². The molecule has 1 saturated heterocycles. The highest BCUT2D eigenvalue weighted by Crippen LogP contribution is 2.34. The van der Waals surface area contributed by atoms with Gasteiger partial charge >= 0.3 is 0 Å². The van der Waals surface area contributed by atoms with Gasteiger partial charge in [-0.25, -0.2) is 0 Å². The number of nitrogens with zero attached hydrogens (tertiary/aromatic N) is 1. The van der Waals surface area contributed by atoms with Crippen LogP contribution in [0.5, 0.6) is 0 Å². The molecule has 1 aliphatic heterocycles. The average Bonchev–Trinajstić information content (AvgIpc) is 2.35. The smallest absolute Gasteiger partial charge is 0.222 e. The summed E-state index contributed by atoms with van der Waals surface area (Å²) >= 11 is 0. The van der Waals surface area contributed by atoms with E-state index < -0.39 is 0 Å². The molecule has 0 bridgehead atoms. The highest BCUT2D eigenvalue weighted by atomic mass is 16.1. The second-order valence-electron chi connectivity index (χ2n) is 7.43. The molecule has 0 spiro atoms. The molecule has 2 fully saturated rings. The van der Waals surface area contributed by atoms with E-state index in [1.807, 2.05) is 13.8 Å². The molecule has 0 aromatic carbocycles. The Bertz CT molecular complexity index is 323. The Morgan fingerprint density at radius 2 is 1.95 bits per heavy atom. The maximum absolute atomic E-state index is 12.0. The molecule has 2 aliphatic rings. The molecule has 0 radical (unpaired) electrons. The van der Waals surface area contributed by atoms with Crippen molar-refractivity contribution in [1.29, 1.82) is 0 Å². The molecule has 1 heterocycles. The fraction of sp³-hybridized carbons (Fsp3) is 0.941. The third-order valence-electron chi connectivity index (χ3n) is 5.00. The molecule has 3 heteroatoms. The van der Waals surface area contributed by atoms with Crippen LogP contribution in [0.2, 0.25) is 0 Å². The number of hydrogen-bond acceptors (Lipinski definition) is 2. The van der Waals surface area contributed by atoms with E-state index >= 15 is 0 Å². The summed E-state index contributed by atoms with van der Waals surface area (Å²) in [5.41, 5.74) is 0. The summed E-state index contributed by atoms with van der Waals surface area (Å²) in [6.45, 7) is 10.9. The molecule has 1 N–H and O–H groups in total. The lowest BCUT2D eigenvalue weighted by atomic mass is 9.78. The van der Waals surface area contributed by atoms with Crippen molar-refractivity contribution in [3.05, 3.63) is 0 Å². The van der Waals surface area contributed by atoms with Crippen LogP contribution in [0.15, 0.2) is 0 Å². The predicted octanol–water partition coefficient (Wildman–Crippen LogP) is 3.05. The lowest BCUT2D eigenvalue weighted by Gasteiger charge is -2.47. The first-order valence-corrected chi connectivity index (χ1v) is 8.54. The number of nitrogens with one attached hydrogen (secondary N) is 1. The number of hydrogen-bond donors (Lipinski definition) is 1. The first-order chi connectivity index (χ1) is 9.49. The lowest BCUT2D eigenvalue weighted by Crippen LogP contribution is -2.56. The number of likely N-dealkylation sites (tertiary alicyclic amines) is 1. The van der Waals surface area contributed by atoms with Gasteiger partial charge in [-0.2, -0.15) is 0 Å². The molecule has 116 valence electrons. The van der Waals surface area contributed by atoms with E-state index in [9.17, 15) is 4.79 Å². The highest BCUT2D eigenvalue weighted by molar-refractivity contribution is 5.78. The first-order valence-electron chi connectivity index (χ1n) is 8.54. The zero-order chi connectivity index (χ0) is 14.7. The molecule has 1 saturated carbocycles. The number of piperidine rings is 1. The second-order valence-corrected chi connectivity index (χ2v) is 7.43. The maximum Gasteiger partial charge on any atom is 0.222 e. The van der Waals surface area contributed by atoms with E-state index in [1.54, 1.807) is 0 Å². The van der Waals surface area contributed by atoms with Gasteiger partial charge in [-0.15, -0.1) is 0 Å². The fourth-order valence-electron chi connectivity index (χ4n) is 3.79. The monoisotopic (exact) mass is 280 g/mol. The standard InChI is InChI=1S/C17H32N2O/c1-5-6-14-9-15(18-17(20)12(2)3)11-19(10-14)16-7-13(4)8-16/h12-16H,5-11H2,1-4H3,(H,18,20). The highest BCUT2D eigenvalue weighted by Gasteiger charge is 2.36. The van der Waals surface area contributed by atoms with Crippen LogP contribution >= 0.6 is 0 Å². The van der Waals surface area contributed by atoms with Crippen LogP contribution in [0.25, 0.3) is 0 Å². The van der Waals surface area contributed by atoms with Crippen molar-refractivity contribution in [3.63, 3.8) is 0 Å². The summed E-state index contributed by atoms with van der Waals surface area (Å²) in [5, 5.41) is 3.27. The number of amides is 1. The quantitative estimate of drug-likeness (QED) is 0.839. The van der Waals surface area contributed by atoms with Crippen molar-refractivity contribution in [3.8, 4) is 0 Å². The number of carbonyl (C=O) groups is 1. The lowest BCUT2D eigenvalue weighted by molar-refractivity contribution is -0.125. The Kier molecular flexibility index (Phi) is 5.48. The zero-order valence-corrected chi connectivity index (χ0v) is 13.7. The minimum atomic E-state index is 0.0960. The summed E-state index contributed by atoms with van der Waals surface area (Å²) in [7, 11) is 0. The van der Waals surface area contributed by atoms with Gasteiger partial charge in [0, 0.05) is 31.1 Å². The molecule has 1 aliphatic carbocycles. The van der Waals surface area contributed by atoms with Crippen molar-refractivity contribution in [2.75, 3.05) is 13.1 Å². The van der Waals surface area contributed by atoms with E-state index in [0.29, 0.717) is 6.04 Å². The van der Waals surface area contributed by atoms with E-state index in [2.05, 4.69) is 24.1 Å². The zero-order valence-electron chi connectivity index (χ0n) is 13.7. The van der Waals surface area contributed by atoms with Crippen LogP contribution < -0.4 is 5.32 Å². The molecule has 0 aromatic heterocycles. The van der Waals surface area contributed by atoms with Gasteiger partial charge in [0.15, 0.2) is 0 Å². The largest absolute Gasteiger partial charge is 0.352 e. The molecular formula is C17H32N2O. The number of rotatable bonds is 5. The van der Waals surface area contributed by atoms with Gasteiger partial charge in [-0.05, 0) is 37.5 Å². The minimum Gasteiger partial charge on any atom is -0.352 e. The molecule has 20 heavy (non-hydrogen) atoms. The first kappa shape index (κ1) is 15.8.